The van der Waals surface area contributed by atoms with Crippen LogP contribution in [0.4, 0.5) is 5.69 Å². The molecule has 0 N–H and O–H groups in total. The van der Waals surface area contributed by atoms with Gasteiger partial charge in [-0.25, -0.2) is 4.79 Å². The maximum absolute atomic E-state index is 11.4. The van der Waals surface area contributed by atoms with Gasteiger partial charge in [-0.1, -0.05) is 19.9 Å². The molecule has 5 heteroatoms. The van der Waals surface area contributed by atoms with Crippen LogP contribution in [0.25, 0.3) is 5.76 Å². The second-order valence-electron chi connectivity index (χ2n) is 5.96. The van der Waals surface area contributed by atoms with E-state index in [9.17, 15) is 4.79 Å². The van der Waals surface area contributed by atoms with Crippen LogP contribution in [0.3, 0.4) is 0 Å². The molecule has 0 amide bonds. The standard InChI is InChI=1S/C18H27N3O2/c1-6-20(7-2)18-17(23-5)16-14(13-22)9-8-10-15(16)21(18)12-11-19(3)4/h8-10,18H,6-7,11-12H2,1-5H3. The van der Waals surface area contributed by atoms with Crippen LogP contribution < -0.4 is 15.3 Å². The Morgan fingerprint density at radius 1 is 1.26 bits per heavy atom. The number of rotatable bonds is 7. The van der Waals surface area contributed by atoms with E-state index in [4.69, 9.17) is 4.74 Å². The van der Waals surface area contributed by atoms with Gasteiger partial charge in [-0.2, -0.15) is 0 Å². The molecule has 2 rings (SSSR count). The maximum Gasteiger partial charge on any atom is 0.144 e. The van der Waals surface area contributed by atoms with Gasteiger partial charge in [-0.3, -0.25) is 4.90 Å². The molecule has 1 aromatic rings. The third-order valence-electron chi connectivity index (χ3n) is 4.40. The zero-order valence-corrected chi connectivity index (χ0v) is 14.8. The van der Waals surface area contributed by atoms with Crippen molar-refractivity contribution in [1.82, 2.24) is 9.80 Å². The Kier molecular flexibility index (Phi) is 5.83. The van der Waals surface area contributed by atoms with Gasteiger partial charge in [-0.15, -0.1) is 0 Å². The predicted octanol–water partition coefficient (Wildman–Crippen LogP) is -0.00610. The minimum Gasteiger partial charge on any atom is -0.497 e. The van der Waals surface area contributed by atoms with E-state index in [1.54, 1.807) is 13.2 Å². The largest absolute Gasteiger partial charge is 0.497 e. The third-order valence-corrected chi connectivity index (χ3v) is 4.40. The fourth-order valence-electron chi connectivity index (χ4n) is 3.22. The molecular weight excluding hydrogens is 290 g/mol. The summed E-state index contributed by atoms with van der Waals surface area (Å²) in [4.78, 5) is 18.2. The summed E-state index contributed by atoms with van der Waals surface area (Å²) in [7, 11) is 5.83. The number of anilines is 1. The molecule has 1 aromatic carbocycles. The fourth-order valence-corrected chi connectivity index (χ4v) is 3.22. The number of hydrogen-bond donors (Lipinski definition) is 0. The second kappa shape index (κ2) is 7.64. The molecule has 1 aliphatic rings. The number of ether oxygens (including phenoxy) is 1. The lowest BCUT2D eigenvalue weighted by atomic mass is 10.2. The van der Waals surface area contributed by atoms with E-state index < -0.39 is 0 Å². The van der Waals surface area contributed by atoms with Crippen LogP contribution in [0.5, 0.6) is 0 Å². The Hall–Kier alpha value is -1.81. The van der Waals surface area contributed by atoms with Crippen LogP contribution in [0.1, 0.15) is 13.8 Å². The van der Waals surface area contributed by atoms with Crippen molar-refractivity contribution < 1.29 is 9.53 Å². The highest BCUT2D eigenvalue weighted by molar-refractivity contribution is 5.70. The van der Waals surface area contributed by atoms with Crippen molar-refractivity contribution in [2.24, 2.45) is 0 Å². The van der Waals surface area contributed by atoms with Crippen molar-refractivity contribution in [3.05, 3.63) is 28.6 Å². The molecule has 0 saturated heterocycles. The number of likely N-dealkylation sites (N-methyl/N-ethyl adjacent to an activating group) is 2. The average Bonchev–Trinajstić information content (AvgIpc) is 2.87. The summed E-state index contributed by atoms with van der Waals surface area (Å²) in [6.45, 7) is 7.94. The molecule has 5 nitrogen and oxygen atoms in total. The Morgan fingerprint density at radius 3 is 2.48 bits per heavy atom. The van der Waals surface area contributed by atoms with E-state index in [0.29, 0.717) is 5.22 Å². The summed E-state index contributed by atoms with van der Waals surface area (Å²) in [5.41, 5.74) is 1.06. The van der Waals surface area contributed by atoms with E-state index in [0.717, 1.165) is 42.8 Å². The van der Waals surface area contributed by atoms with Gasteiger partial charge in [0.15, 0.2) is 0 Å². The molecule has 1 heterocycles. The predicted molar refractivity (Wildman–Crippen MR) is 93.5 cm³/mol. The van der Waals surface area contributed by atoms with E-state index in [2.05, 4.69) is 54.7 Å². The lowest BCUT2D eigenvalue weighted by Gasteiger charge is -2.37. The third kappa shape index (κ3) is 3.27. The lowest BCUT2D eigenvalue weighted by Crippen LogP contribution is -2.49. The summed E-state index contributed by atoms with van der Waals surface area (Å²) in [6.07, 6.45) is 0.0273. The second-order valence-corrected chi connectivity index (χ2v) is 5.96. The molecule has 0 aliphatic carbocycles. The molecule has 1 unspecified atom stereocenters. The van der Waals surface area contributed by atoms with Gasteiger partial charge in [0.25, 0.3) is 0 Å². The number of carbonyl (C=O) groups excluding carboxylic acids is 1. The zero-order valence-electron chi connectivity index (χ0n) is 14.8. The number of fused-ring (bicyclic) bond motifs is 1. The molecule has 0 saturated carbocycles. The highest BCUT2D eigenvalue weighted by atomic mass is 16.5. The summed E-state index contributed by atoms with van der Waals surface area (Å²) in [5.74, 6) is 2.91. The summed E-state index contributed by atoms with van der Waals surface area (Å²) < 4.78 is 5.76. The smallest absolute Gasteiger partial charge is 0.144 e. The van der Waals surface area contributed by atoms with Crippen molar-refractivity contribution in [1.29, 1.82) is 0 Å². The molecule has 0 aromatic heterocycles. The van der Waals surface area contributed by atoms with Crippen LogP contribution in [0, 0.1) is 0 Å². The molecule has 126 valence electrons. The number of hydrogen-bond acceptors (Lipinski definition) is 5. The van der Waals surface area contributed by atoms with Gasteiger partial charge in [0.1, 0.15) is 17.9 Å². The van der Waals surface area contributed by atoms with Crippen LogP contribution in [0.2, 0.25) is 0 Å². The molecule has 0 spiro atoms. The molecule has 0 fully saturated rings. The minimum atomic E-state index is 0.0273. The normalized spacial score (nSPS) is 16.9. The first-order chi connectivity index (χ1) is 11.1. The SMILES string of the molecule is CCN(CC)C1C(OC)=c2c(cccc2=C=O)N1CCN(C)C. The van der Waals surface area contributed by atoms with E-state index in [1.807, 2.05) is 6.07 Å². The zero-order chi connectivity index (χ0) is 17.0. The van der Waals surface area contributed by atoms with Gasteiger partial charge in [0.05, 0.1) is 23.2 Å². The first-order valence-corrected chi connectivity index (χ1v) is 8.16. The molecule has 1 atom stereocenters. The molecule has 0 radical (unpaired) electrons. The van der Waals surface area contributed by atoms with Crippen LogP contribution in [0.15, 0.2) is 18.2 Å². The van der Waals surface area contributed by atoms with Gasteiger partial charge in [0, 0.05) is 13.1 Å². The number of nitrogens with zero attached hydrogens (tertiary/aromatic N) is 3. The minimum absolute atomic E-state index is 0.0273. The van der Waals surface area contributed by atoms with Crippen LogP contribution in [-0.4, -0.2) is 69.3 Å². The fraction of sp³-hybridized carbons (Fsp3) is 0.556. The first-order valence-electron chi connectivity index (χ1n) is 8.16. The van der Waals surface area contributed by atoms with Gasteiger partial charge in [-0.05, 0) is 39.3 Å². The number of benzene rings is 1. The maximum atomic E-state index is 11.4. The average molecular weight is 317 g/mol. The van der Waals surface area contributed by atoms with E-state index >= 15 is 0 Å². The summed E-state index contributed by atoms with van der Waals surface area (Å²) in [5, 5.41) is 1.46. The number of methoxy groups -OCH3 is 1. The van der Waals surface area contributed by atoms with Crippen molar-refractivity contribution in [3.63, 3.8) is 0 Å². The topological polar surface area (TPSA) is 36.0 Å². The Morgan fingerprint density at radius 2 is 1.96 bits per heavy atom. The highest BCUT2D eigenvalue weighted by Crippen LogP contribution is 2.27. The molecule has 23 heavy (non-hydrogen) atoms. The van der Waals surface area contributed by atoms with Crippen molar-refractivity contribution in [2.45, 2.75) is 20.0 Å². The van der Waals surface area contributed by atoms with Crippen molar-refractivity contribution >= 4 is 17.4 Å². The lowest BCUT2D eigenvalue weighted by molar-refractivity contribution is 0.206. The van der Waals surface area contributed by atoms with Gasteiger partial charge < -0.3 is 14.5 Å². The Labute approximate surface area is 138 Å². The molecule has 1 aliphatic heterocycles. The highest BCUT2D eigenvalue weighted by Gasteiger charge is 2.35. The Balaban J connectivity index is 2.62. The monoisotopic (exact) mass is 317 g/mol. The van der Waals surface area contributed by atoms with Crippen LogP contribution >= 0.6 is 0 Å². The van der Waals surface area contributed by atoms with Gasteiger partial charge >= 0.3 is 0 Å². The molecule has 0 bridgehead atoms. The molecular formula is C18H27N3O2. The summed E-state index contributed by atoms with van der Waals surface area (Å²) in [6, 6.07) is 5.79. The van der Waals surface area contributed by atoms with Crippen molar-refractivity contribution in [2.75, 3.05) is 52.3 Å². The summed E-state index contributed by atoms with van der Waals surface area (Å²) >= 11 is 0. The van der Waals surface area contributed by atoms with E-state index in [1.165, 1.54) is 0 Å². The van der Waals surface area contributed by atoms with Gasteiger partial charge in [0.2, 0.25) is 0 Å². The Bertz CT molecular complexity index is 676. The van der Waals surface area contributed by atoms with E-state index in [-0.39, 0.29) is 6.17 Å². The van der Waals surface area contributed by atoms with Crippen LogP contribution in [-0.2, 0) is 9.53 Å². The van der Waals surface area contributed by atoms with Crippen molar-refractivity contribution in [3.8, 4) is 0 Å². The first kappa shape index (κ1) is 17.5. The quantitative estimate of drug-likeness (QED) is 0.707.